The lowest BCUT2D eigenvalue weighted by molar-refractivity contribution is -0.282. The van der Waals surface area contributed by atoms with Gasteiger partial charge in [-0.15, -0.1) is 0 Å². The van der Waals surface area contributed by atoms with E-state index in [4.69, 9.17) is 10.1 Å². The molecule has 2 aromatic carbocycles. The van der Waals surface area contributed by atoms with Gasteiger partial charge in [0.05, 0.1) is 12.7 Å². The number of hydrogen-bond acceptors (Lipinski definition) is 4. The first-order chi connectivity index (χ1) is 8.27. The first kappa shape index (κ1) is 11.4. The van der Waals surface area contributed by atoms with E-state index in [9.17, 15) is 5.11 Å². The van der Waals surface area contributed by atoms with Crippen LogP contribution in [0.25, 0.3) is 10.8 Å². The van der Waals surface area contributed by atoms with Crippen LogP contribution in [0.1, 0.15) is 11.1 Å². The van der Waals surface area contributed by atoms with E-state index < -0.39 is 0 Å². The Balaban J connectivity index is 2.67. The van der Waals surface area contributed by atoms with Gasteiger partial charge in [-0.05, 0) is 16.8 Å². The number of benzene rings is 2. The largest absolute Gasteiger partial charge is 0.506 e. The van der Waals surface area contributed by atoms with Crippen molar-refractivity contribution in [3.8, 4) is 11.8 Å². The van der Waals surface area contributed by atoms with Crippen molar-refractivity contribution in [3.05, 3.63) is 41.5 Å². The van der Waals surface area contributed by atoms with Gasteiger partial charge in [0.1, 0.15) is 18.4 Å². The quantitative estimate of drug-likeness (QED) is 0.648. The second kappa shape index (κ2) is 4.83. The van der Waals surface area contributed by atoms with Crippen molar-refractivity contribution in [2.24, 2.45) is 0 Å². The second-order valence-corrected chi connectivity index (χ2v) is 3.51. The molecule has 0 heterocycles. The molecule has 17 heavy (non-hydrogen) atoms. The Kier molecular flexibility index (Phi) is 3.24. The zero-order chi connectivity index (χ0) is 12.3. The van der Waals surface area contributed by atoms with Gasteiger partial charge in [0.15, 0.2) is 0 Å². The lowest BCUT2D eigenvalue weighted by atomic mass is 10.0. The summed E-state index contributed by atoms with van der Waals surface area (Å²) in [6.07, 6.45) is 0. The molecule has 0 aliphatic carbocycles. The third-order valence-corrected chi connectivity index (χ3v) is 2.57. The van der Waals surface area contributed by atoms with Crippen molar-refractivity contribution in [3.63, 3.8) is 0 Å². The van der Waals surface area contributed by atoms with Gasteiger partial charge in [0, 0.05) is 5.56 Å². The first-order valence-electron chi connectivity index (χ1n) is 5.07. The average molecular weight is 229 g/mol. The molecular weight excluding hydrogens is 218 g/mol. The van der Waals surface area contributed by atoms with Gasteiger partial charge in [-0.25, -0.2) is 9.78 Å². The van der Waals surface area contributed by atoms with Crippen LogP contribution in [-0.2, 0) is 16.4 Å². The molecule has 4 heteroatoms. The van der Waals surface area contributed by atoms with Gasteiger partial charge in [0.25, 0.3) is 0 Å². The van der Waals surface area contributed by atoms with Crippen LogP contribution >= 0.6 is 0 Å². The highest BCUT2D eigenvalue weighted by molar-refractivity contribution is 5.89. The van der Waals surface area contributed by atoms with Crippen LogP contribution in [0.4, 0.5) is 0 Å². The van der Waals surface area contributed by atoms with Crippen LogP contribution in [0.3, 0.4) is 0 Å². The molecule has 0 atom stereocenters. The monoisotopic (exact) mass is 229 g/mol. The van der Waals surface area contributed by atoms with Crippen molar-refractivity contribution in [1.29, 1.82) is 5.26 Å². The minimum Gasteiger partial charge on any atom is -0.506 e. The lowest BCUT2D eigenvalue weighted by Gasteiger charge is -2.09. The lowest BCUT2D eigenvalue weighted by Crippen LogP contribution is -1.95. The van der Waals surface area contributed by atoms with E-state index in [0.717, 1.165) is 10.8 Å². The number of nitrogens with zero attached hydrogens (tertiary/aromatic N) is 1. The zero-order valence-electron chi connectivity index (χ0n) is 9.30. The average Bonchev–Trinajstić information content (AvgIpc) is 2.37. The topological polar surface area (TPSA) is 62.5 Å². The highest BCUT2D eigenvalue weighted by atomic mass is 17.2. The number of fused-ring (bicyclic) bond motifs is 1. The SMILES string of the molecule is COOCc1c(O)c(C#N)cc2ccccc12. The molecule has 0 aliphatic rings. The smallest absolute Gasteiger partial charge is 0.139 e. The normalized spacial score (nSPS) is 10.4. The van der Waals surface area contributed by atoms with E-state index in [1.807, 2.05) is 30.3 Å². The van der Waals surface area contributed by atoms with Gasteiger partial charge >= 0.3 is 0 Å². The Labute approximate surface area is 98.6 Å². The molecule has 0 saturated carbocycles. The summed E-state index contributed by atoms with van der Waals surface area (Å²) >= 11 is 0. The third-order valence-electron chi connectivity index (χ3n) is 2.57. The van der Waals surface area contributed by atoms with E-state index in [1.54, 1.807) is 6.07 Å². The molecule has 0 bridgehead atoms. The summed E-state index contributed by atoms with van der Waals surface area (Å²) in [6.45, 7) is 0.0956. The third kappa shape index (κ3) is 2.07. The fraction of sp³-hybridized carbons (Fsp3) is 0.154. The molecule has 0 fully saturated rings. The maximum atomic E-state index is 9.96. The fourth-order valence-electron chi connectivity index (χ4n) is 1.76. The second-order valence-electron chi connectivity index (χ2n) is 3.51. The van der Waals surface area contributed by atoms with Crippen molar-refractivity contribution in [2.45, 2.75) is 6.61 Å². The summed E-state index contributed by atoms with van der Waals surface area (Å²) in [5.74, 6) is -0.0525. The van der Waals surface area contributed by atoms with Crippen LogP contribution < -0.4 is 0 Å². The number of phenolic OH excluding ortho intramolecular Hbond substituents is 1. The predicted molar refractivity (Wildman–Crippen MR) is 62.1 cm³/mol. The van der Waals surface area contributed by atoms with E-state index in [2.05, 4.69) is 4.89 Å². The molecule has 4 nitrogen and oxygen atoms in total. The molecule has 86 valence electrons. The maximum absolute atomic E-state index is 9.96. The van der Waals surface area contributed by atoms with Crippen LogP contribution in [0.15, 0.2) is 30.3 Å². The molecule has 2 rings (SSSR count). The van der Waals surface area contributed by atoms with E-state index in [-0.39, 0.29) is 17.9 Å². The van der Waals surface area contributed by atoms with Crippen molar-refractivity contribution < 1.29 is 14.9 Å². The molecule has 0 saturated heterocycles. The van der Waals surface area contributed by atoms with Gasteiger partial charge < -0.3 is 5.11 Å². The maximum Gasteiger partial charge on any atom is 0.139 e. The highest BCUT2D eigenvalue weighted by Crippen LogP contribution is 2.31. The Morgan fingerprint density at radius 3 is 2.82 bits per heavy atom. The molecule has 0 radical (unpaired) electrons. The number of rotatable bonds is 3. The number of aromatic hydroxyl groups is 1. The van der Waals surface area contributed by atoms with Crippen LogP contribution in [0.5, 0.6) is 5.75 Å². The summed E-state index contributed by atoms with van der Waals surface area (Å²) in [5.41, 5.74) is 0.792. The fourth-order valence-corrected chi connectivity index (χ4v) is 1.76. The molecular formula is C13H11NO3. The van der Waals surface area contributed by atoms with E-state index >= 15 is 0 Å². The van der Waals surface area contributed by atoms with E-state index in [1.165, 1.54) is 7.11 Å². The van der Waals surface area contributed by atoms with Gasteiger partial charge in [-0.1, -0.05) is 24.3 Å². The number of phenols is 1. The molecule has 1 N–H and O–H groups in total. The minimum absolute atomic E-state index is 0.0525. The minimum atomic E-state index is -0.0525. The summed E-state index contributed by atoms with van der Waals surface area (Å²) in [5, 5.41) is 20.6. The van der Waals surface area contributed by atoms with Crippen LogP contribution in [0.2, 0.25) is 0 Å². The van der Waals surface area contributed by atoms with Crippen molar-refractivity contribution >= 4 is 10.8 Å². The Bertz CT molecular complexity index is 587. The summed E-state index contributed by atoms with van der Waals surface area (Å²) in [7, 11) is 1.40. The zero-order valence-corrected chi connectivity index (χ0v) is 9.30. The number of nitriles is 1. The molecule has 0 aromatic heterocycles. The van der Waals surface area contributed by atoms with Crippen molar-refractivity contribution in [1.82, 2.24) is 0 Å². The molecule has 0 spiro atoms. The highest BCUT2D eigenvalue weighted by Gasteiger charge is 2.12. The summed E-state index contributed by atoms with van der Waals surface area (Å²) in [4.78, 5) is 9.37. The molecule has 0 amide bonds. The van der Waals surface area contributed by atoms with Crippen LogP contribution in [0, 0.1) is 11.3 Å². The van der Waals surface area contributed by atoms with Gasteiger partial charge in [-0.3, -0.25) is 0 Å². The summed E-state index contributed by atoms with van der Waals surface area (Å²) < 4.78 is 0. The number of hydrogen-bond donors (Lipinski definition) is 1. The van der Waals surface area contributed by atoms with Gasteiger partial charge in [0.2, 0.25) is 0 Å². The van der Waals surface area contributed by atoms with Crippen molar-refractivity contribution in [2.75, 3.05) is 7.11 Å². The molecule has 0 aliphatic heterocycles. The molecule has 0 unspecified atom stereocenters. The Hall–Kier alpha value is -2.09. The van der Waals surface area contributed by atoms with E-state index in [0.29, 0.717) is 5.56 Å². The first-order valence-corrected chi connectivity index (χ1v) is 5.07. The van der Waals surface area contributed by atoms with Gasteiger partial charge in [-0.2, -0.15) is 5.26 Å². The standard InChI is InChI=1S/C13H11NO3/c1-16-17-8-12-11-5-3-2-4-9(11)6-10(7-14)13(12)15/h2-6,15H,8H2,1H3. The van der Waals surface area contributed by atoms with Crippen LogP contribution in [-0.4, -0.2) is 12.2 Å². The Morgan fingerprint density at radius 2 is 2.12 bits per heavy atom. The molecule has 2 aromatic rings. The Morgan fingerprint density at radius 1 is 1.35 bits per heavy atom. The predicted octanol–water partition coefficient (Wildman–Crippen LogP) is 2.50. The summed E-state index contributed by atoms with van der Waals surface area (Å²) in [6, 6.07) is 11.1.